The highest BCUT2D eigenvalue weighted by molar-refractivity contribution is 9.09. The van der Waals surface area contributed by atoms with Gasteiger partial charge in [0.2, 0.25) is 0 Å². The van der Waals surface area contributed by atoms with Gasteiger partial charge >= 0.3 is 0 Å². The molecule has 5 nitrogen and oxygen atoms in total. The summed E-state index contributed by atoms with van der Waals surface area (Å²) in [5.74, 6) is -0.163. The molecule has 18 heavy (non-hydrogen) atoms. The third kappa shape index (κ3) is 3.07. The van der Waals surface area contributed by atoms with Crippen molar-refractivity contribution in [2.45, 2.75) is 13.8 Å². The molecule has 0 aliphatic rings. The molecule has 0 heterocycles. The van der Waals surface area contributed by atoms with Gasteiger partial charge in [0, 0.05) is 24.7 Å². The molecule has 0 fully saturated rings. The average molecular weight is 315 g/mol. The van der Waals surface area contributed by atoms with Crippen LogP contribution in [0.15, 0.2) is 18.2 Å². The van der Waals surface area contributed by atoms with Crippen LogP contribution in [-0.2, 0) is 0 Å². The van der Waals surface area contributed by atoms with Crippen molar-refractivity contribution in [3.8, 4) is 0 Å². The Morgan fingerprint density at radius 1 is 1.39 bits per heavy atom. The largest absolute Gasteiger partial charge is 0.367 e. The fourth-order valence-corrected chi connectivity index (χ4v) is 2.08. The number of nitro groups is 1. The summed E-state index contributed by atoms with van der Waals surface area (Å²) in [4.78, 5) is 24.0. The lowest BCUT2D eigenvalue weighted by Gasteiger charge is -2.20. The number of hydrogen-bond donors (Lipinski definition) is 0. The molecule has 1 aromatic rings. The van der Waals surface area contributed by atoms with Crippen LogP contribution in [0.2, 0.25) is 0 Å². The van der Waals surface area contributed by atoms with E-state index in [-0.39, 0.29) is 16.8 Å². The first-order valence-corrected chi connectivity index (χ1v) is 6.79. The Kier molecular flexibility index (Phi) is 5.27. The minimum atomic E-state index is -0.446. The Hall–Kier alpha value is -1.43. The van der Waals surface area contributed by atoms with Crippen LogP contribution < -0.4 is 4.90 Å². The van der Waals surface area contributed by atoms with Gasteiger partial charge < -0.3 is 4.90 Å². The average Bonchev–Trinajstić information content (AvgIpc) is 2.39. The van der Waals surface area contributed by atoms with Crippen molar-refractivity contribution < 1.29 is 9.72 Å². The fraction of sp³-hybridized carbons (Fsp3) is 0.417. The number of carbonyl (C=O) groups is 1. The molecule has 0 radical (unpaired) electrons. The molecule has 0 amide bonds. The number of anilines is 1. The zero-order chi connectivity index (χ0) is 13.7. The molecular formula is C12H15BrN2O3. The minimum absolute atomic E-state index is 0.0227. The normalized spacial score (nSPS) is 10.2. The number of alkyl halides is 1. The maximum absolute atomic E-state index is 11.5. The highest BCUT2D eigenvalue weighted by Gasteiger charge is 2.20. The number of halogens is 1. The number of nitro benzene ring substituents is 1. The lowest BCUT2D eigenvalue weighted by molar-refractivity contribution is -0.384. The molecule has 1 aromatic carbocycles. The molecule has 98 valence electrons. The second kappa shape index (κ2) is 6.49. The van der Waals surface area contributed by atoms with Crippen LogP contribution in [-0.4, -0.2) is 29.1 Å². The lowest BCUT2D eigenvalue weighted by Crippen LogP contribution is -2.23. The van der Waals surface area contributed by atoms with Gasteiger partial charge in [0.15, 0.2) is 5.78 Å². The van der Waals surface area contributed by atoms with E-state index in [1.807, 2.05) is 18.7 Å². The molecule has 0 aromatic heterocycles. The molecule has 0 aliphatic carbocycles. The van der Waals surface area contributed by atoms with E-state index in [1.165, 1.54) is 6.07 Å². The predicted molar refractivity (Wildman–Crippen MR) is 74.8 cm³/mol. The van der Waals surface area contributed by atoms with E-state index in [4.69, 9.17) is 0 Å². The van der Waals surface area contributed by atoms with Crippen LogP contribution in [0.3, 0.4) is 0 Å². The molecular weight excluding hydrogens is 300 g/mol. The molecule has 0 spiro atoms. The van der Waals surface area contributed by atoms with Crippen molar-refractivity contribution in [2.75, 3.05) is 23.3 Å². The zero-order valence-electron chi connectivity index (χ0n) is 10.4. The van der Waals surface area contributed by atoms with E-state index < -0.39 is 4.92 Å². The summed E-state index contributed by atoms with van der Waals surface area (Å²) in [7, 11) is 0. The van der Waals surface area contributed by atoms with Crippen LogP contribution in [0.25, 0.3) is 0 Å². The summed E-state index contributed by atoms with van der Waals surface area (Å²) in [6, 6.07) is 4.61. The summed E-state index contributed by atoms with van der Waals surface area (Å²) in [5, 5.41) is 11.2. The van der Waals surface area contributed by atoms with Gasteiger partial charge in [-0.3, -0.25) is 14.9 Å². The van der Waals surface area contributed by atoms with E-state index in [0.29, 0.717) is 24.3 Å². The first kappa shape index (κ1) is 14.6. The molecule has 0 aliphatic heterocycles. The first-order valence-electron chi connectivity index (χ1n) is 5.67. The summed E-state index contributed by atoms with van der Waals surface area (Å²) in [6.45, 7) is 5.24. The van der Waals surface area contributed by atoms with Crippen molar-refractivity contribution in [2.24, 2.45) is 0 Å². The van der Waals surface area contributed by atoms with E-state index >= 15 is 0 Å². The topological polar surface area (TPSA) is 63.5 Å². The molecule has 0 saturated heterocycles. The van der Waals surface area contributed by atoms with Crippen molar-refractivity contribution in [1.82, 2.24) is 0 Å². The Morgan fingerprint density at radius 3 is 2.44 bits per heavy atom. The smallest absolute Gasteiger partial charge is 0.293 e. The summed E-state index contributed by atoms with van der Waals surface area (Å²) < 4.78 is 0. The molecule has 1 rings (SSSR count). The van der Waals surface area contributed by atoms with Gasteiger partial charge in [0.25, 0.3) is 5.69 Å². The number of rotatable bonds is 6. The maximum Gasteiger partial charge on any atom is 0.293 e. The maximum atomic E-state index is 11.5. The highest BCUT2D eigenvalue weighted by atomic mass is 79.9. The minimum Gasteiger partial charge on any atom is -0.367 e. The van der Waals surface area contributed by atoms with E-state index in [1.54, 1.807) is 12.1 Å². The fourth-order valence-electron chi connectivity index (χ4n) is 1.75. The van der Waals surface area contributed by atoms with Gasteiger partial charge in [-0.25, -0.2) is 0 Å². The number of Topliss-reactive ketones (excluding diaryl/α,β-unsaturated/α-hetero) is 1. The Morgan fingerprint density at radius 2 is 2.00 bits per heavy atom. The van der Waals surface area contributed by atoms with Gasteiger partial charge in [-0.1, -0.05) is 15.9 Å². The number of nitrogens with zero attached hydrogens (tertiary/aromatic N) is 2. The second-order valence-corrected chi connectivity index (χ2v) is 4.25. The summed E-state index contributed by atoms with van der Waals surface area (Å²) in [5.41, 5.74) is 0.885. The zero-order valence-corrected chi connectivity index (χ0v) is 11.9. The van der Waals surface area contributed by atoms with E-state index in [0.717, 1.165) is 0 Å². The molecule has 0 saturated carbocycles. The predicted octanol–water partition coefficient (Wildman–Crippen LogP) is 3.02. The SMILES string of the molecule is CCN(CC)c1ccc(C(=O)CBr)cc1[N+](=O)[O-]. The molecule has 0 bridgehead atoms. The monoisotopic (exact) mass is 314 g/mol. The number of ketones is 1. The highest BCUT2D eigenvalue weighted by Crippen LogP contribution is 2.29. The van der Waals surface area contributed by atoms with E-state index in [9.17, 15) is 14.9 Å². The van der Waals surface area contributed by atoms with Gasteiger partial charge in [0.1, 0.15) is 5.69 Å². The summed E-state index contributed by atoms with van der Waals surface area (Å²) >= 11 is 3.06. The molecule has 0 atom stereocenters. The van der Waals surface area contributed by atoms with Crippen LogP contribution in [0.5, 0.6) is 0 Å². The number of hydrogen-bond acceptors (Lipinski definition) is 4. The van der Waals surface area contributed by atoms with Crippen molar-refractivity contribution >= 4 is 33.1 Å². The Bertz CT molecular complexity index is 459. The second-order valence-electron chi connectivity index (χ2n) is 3.69. The van der Waals surface area contributed by atoms with Gasteiger partial charge in [-0.05, 0) is 26.0 Å². The van der Waals surface area contributed by atoms with Crippen LogP contribution in [0, 0.1) is 10.1 Å². The first-order chi connectivity index (χ1) is 8.54. The molecule has 0 unspecified atom stereocenters. The Balaban J connectivity index is 3.28. The van der Waals surface area contributed by atoms with Crippen molar-refractivity contribution in [3.05, 3.63) is 33.9 Å². The summed E-state index contributed by atoms with van der Waals surface area (Å²) in [6.07, 6.45) is 0. The third-order valence-corrected chi connectivity index (χ3v) is 3.23. The van der Waals surface area contributed by atoms with E-state index in [2.05, 4.69) is 15.9 Å². The molecule has 6 heteroatoms. The van der Waals surface area contributed by atoms with Crippen LogP contribution in [0.1, 0.15) is 24.2 Å². The van der Waals surface area contributed by atoms with Crippen molar-refractivity contribution in [1.29, 1.82) is 0 Å². The van der Waals surface area contributed by atoms with Gasteiger partial charge in [-0.2, -0.15) is 0 Å². The van der Waals surface area contributed by atoms with Crippen LogP contribution >= 0.6 is 15.9 Å². The van der Waals surface area contributed by atoms with Gasteiger partial charge in [-0.15, -0.1) is 0 Å². The lowest BCUT2D eigenvalue weighted by atomic mass is 10.1. The quantitative estimate of drug-likeness (QED) is 0.350. The number of carbonyl (C=O) groups excluding carboxylic acids is 1. The number of benzene rings is 1. The standard InChI is InChI=1S/C12H15BrN2O3/c1-3-14(4-2)10-6-5-9(12(16)8-13)7-11(10)15(17)18/h5-7H,3-4,8H2,1-2H3. The Labute approximate surface area is 114 Å². The molecule has 0 N–H and O–H groups in total. The van der Waals surface area contributed by atoms with Crippen molar-refractivity contribution in [3.63, 3.8) is 0 Å². The van der Waals surface area contributed by atoms with Gasteiger partial charge in [0.05, 0.1) is 10.3 Å². The third-order valence-electron chi connectivity index (χ3n) is 2.72. The van der Waals surface area contributed by atoms with Crippen LogP contribution in [0.4, 0.5) is 11.4 Å².